The number of rotatable bonds is 5. The summed E-state index contributed by atoms with van der Waals surface area (Å²) >= 11 is 1.98. The average Bonchev–Trinajstić information content (AvgIpc) is 3.06. The van der Waals surface area contributed by atoms with Crippen molar-refractivity contribution < 1.29 is 9.53 Å². The highest BCUT2D eigenvalue weighted by Crippen LogP contribution is 2.20. The van der Waals surface area contributed by atoms with Crippen molar-refractivity contribution in [2.45, 2.75) is 31.9 Å². The Labute approximate surface area is 143 Å². The van der Waals surface area contributed by atoms with E-state index in [1.165, 1.54) is 17.1 Å². The highest BCUT2D eigenvalue weighted by molar-refractivity contribution is 7.99. The molecule has 2 heterocycles. The van der Waals surface area contributed by atoms with Gasteiger partial charge in [-0.25, -0.2) is 4.79 Å². The lowest BCUT2D eigenvalue weighted by molar-refractivity contribution is 0.0896. The molecule has 0 aliphatic carbocycles. The molecular weight excluding hydrogens is 308 g/mol. The van der Waals surface area contributed by atoms with E-state index in [4.69, 9.17) is 4.74 Å². The van der Waals surface area contributed by atoms with E-state index in [9.17, 15) is 4.79 Å². The third-order valence-corrected chi connectivity index (χ3v) is 5.64. The topological polar surface area (TPSA) is 41.6 Å². The van der Waals surface area contributed by atoms with Crippen LogP contribution in [0.15, 0.2) is 30.3 Å². The number of urea groups is 1. The van der Waals surface area contributed by atoms with Crippen molar-refractivity contribution in [2.75, 3.05) is 31.2 Å². The number of nitrogens with zero attached hydrogens (tertiary/aromatic N) is 1. The lowest BCUT2D eigenvalue weighted by Gasteiger charge is -2.26. The summed E-state index contributed by atoms with van der Waals surface area (Å²) in [6, 6.07) is 10.7. The minimum absolute atomic E-state index is 0.118. The van der Waals surface area contributed by atoms with Crippen LogP contribution in [0.3, 0.4) is 0 Å². The molecule has 1 atom stereocenters. The molecule has 0 saturated carbocycles. The van der Waals surface area contributed by atoms with Gasteiger partial charge in [0.15, 0.2) is 0 Å². The summed E-state index contributed by atoms with van der Waals surface area (Å²) in [6.07, 6.45) is 3.25. The normalized spacial score (nSPS) is 22.3. The van der Waals surface area contributed by atoms with Crippen LogP contribution >= 0.6 is 11.8 Å². The highest BCUT2D eigenvalue weighted by Gasteiger charge is 2.27. The van der Waals surface area contributed by atoms with Gasteiger partial charge in [0.25, 0.3) is 0 Å². The van der Waals surface area contributed by atoms with Gasteiger partial charge in [-0.15, -0.1) is 0 Å². The Hall–Kier alpha value is -1.20. The summed E-state index contributed by atoms with van der Waals surface area (Å²) in [5.41, 5.74) is 1.20. The minimum atomic E-state index is 0.118. The van der Waals surface area contributed by atoms with Crippen LogP contribution in [0.4, 0.5) is 4.79 Å². The van der Waals surface area contributed by atoms with Crippen molar-refractivity contribution in [2.24, 2.45) is 5.92 Å². The van der Waals surface area contributed by atoms with E-state index >= 15 is 0 Å². The Morgan fingerprint density at radius 3 is 2.78 bits per heavy atom. The van der Waals surface area contributed by atoms with Crippen molar-refractivity contribution in [3.8, 4) is 0 Å². The Bertz CT molecular complexity index is 491. The van der Waals surface area contributed by atoms with Gasteiger partial charge < -0.3 is 15.0 Å². The molecule has 2 fully saturated rings. The van der Waals surface area contributed by atoms with Gasteiger partial charge in [0, 0.05) is 25.0 Å². The van der Waals surface area contributed by atoms with Gasteiger partial charge in [0.05, 0.1) is 13.2 Å². The molecule has 1 aromatic rings. The average molecular weight is 334 g/mol. The molecule has 5 heteroatoms. The zero-order valence-corrected chi connectivity index (χ0v) is 14.4. The van der Waals surface area contributed by atoms with Gasteiger partial charge >= 0.3 is 6.03 Å². The largest absolute Gasteiger partial charge is 0.376 e. The lowest BCUT2D eigenvalue weighted by atomic mass is 10.1. The number of ether oxygens (including phenoxy) is 1. The first kappa shape index (κ1) is 16.7. The number of hydrogen-bond acceptors (Lipinski definition) is 3. The number of likely N-dealkylation sites (tertiary alicyclic amines) is 1. The predicted octanol–water partition coefficient (Wildman–Crippen LogP) is 3.13. The van der Waals surface area contributed by atoms with E-state index in [0.29, 0.717) is 18.6 Å². The third kappa shape index (κ3) is 5.15. The van der Waals surface area contributed by atoms with Crippen molar-refractivity contribution in [1.82, 2.24) is 10.2 Å². The van der Waals surface area contributed by atoms with Gasteiger partial charge in [0.1, 0.15) is 0 Å². The number of thioether (sulfide) groups is 1. The minimum Gasteiger partial charge on any atom is -0.376 e. The van der Waals surface area contributed by atoms with E-state index in [1.807, 2.05) is 34.9 Å². The molecule has 0 bridgehead atoms. The van der Waals surface area contributed by atoms with E-state index in [-0.39, 0.29) is 6.03 Å². The van der Waals surface area contributed by atoms with E-state index in [2.05, 4.69) is 17.4 Å². The Balaban J connectivity index is 1.35. The van der Waals surface area contributed by atoms with Crippen LogP contribution in [0.5, 0.6) is 0 Å². The maximum Gasteiger partial charge on any atom is 0.317 e. The maximum atomic E-state index is 12.3. The third-order valence-electron chi connectivity index (χ3n) is 4.59. The first-order valence-electron chi connectivity index (χ1n) is 8.56. The summed E-state index contributed by atoms with van der Waals surface area (Å²) in [6.45, 7) is 3.07. The second-order valence-electron chi connectivity index (χ2n) is 6.44. The number of carbonyl (C=O) groups excluding carboxylic acids is 1. The molecule has 2 amide bonds. The van der Waals surface area contributed by atoms with Crippen molar-refractivity contribution in [3.63, 3.8) is 0 Å². The molecule has 4 nitrogen and oxygen atoms in total. The molecule has 2 aliphatic heterocycles. The van der Waals surface area contributed by atoms with Crippen LogP contribution in [-0.4, -0.2) is 48.2 Å². The zero-order valence-electron chi connectivity index (χ0n) is 13.6. The molecule has 1 aromatic carbocycles. The predicted molar refractivity (Wildman–Crippen MR) is 94.7 cm³/mol. The van der Waals surface area contributed by atoms with Crippen molar-refractivity contribution >= 4 is 17.8 Å². The number of benzene rings is 1. The Morgan fingerprint density at radius 2 is 2.00 bits per heavy atom. The van der Waals surface area contributed by atoms with Gasteiger partial charge in [-0.05, 0) is 36.3 Å². The zero-order chi connectivity index (χ0) is 15.9. The fraction of sp³-hybridized carbons (Fsp3) is 0.611. The van der Waals surface area contributed by atoms with Gasteiger partial charge in [0.2, 0.25) is 0 Å². The smallest absolute Gasteiger partial charge is 0.317 e. The van der Waals surface area contributed by atoms with E-state index in [1.54, 1.807) is 0 Å². The monoisotopic (exact) mass is 334 g/mol. The van der Waals surface area contributed by atoms with E-state index in [0.717, 1.165) is 39.0 Å². The number of carbonyl (C=O) groups is 1. The molecule has 126 valence electrons. The van der Waals surface area contributed by atoms with Crippen LogP contribution in [0.25, 0.3) is 0 Å². The fourth-order valence-electron chi connectivity index (χ4n) is 3.18. The summed E-state index contributed by atoms with van der Waals surface area (Å²) in [4.78, 5) is 14.3. The molecule has 2 aliphatic rings. The molecule has 0 unspecified atom stereocenters. The number of hydrogen-bond donors (Lipinski definition) is 1. The Morgan fingerprint density at radius 1 is 1.22 bits per heavy atom. The molecule has 23 heavy (non-hydrogen) atoms. The summed E-state index contributed by atoms with van der Waals surface area (Å²) < 4.78 is 5.82. The van der Waals surface area contributed by atoms with Gasteiger partial charge in [-0.1, -0.05) is 30.3 Å². The fourth-order valence-corrected chi connectivity index (χ4v) is 4.29. The molecule has 0 radical (unpaired) electrons. The highest BCUT2D eigenvalue weighted by atomic mass is 32.2. The van der Waals surface area contributed by atoms with Crippen LogP contribution < -0.4 is 5.32 Å². The van der Waals surface area contributed by atoms with Gasteiger partial charge in [-0.2, -0.15) is 11.8 Å². The number of amides is 2. The second kappa shape index (κ2) is 8.60. The molecule has 2 saturated heterocycles. The second-order valence-corrected chi connectivity index (χ2v) is 7.66. The lowest BCUT2D eigenvalue weighted by Crippen LogP contribution is -2.45. The summed E-state index contributed by atoms with van der Waals surface area (Å²) in [7, 11) is 0. The van der Waals surface area contributed by atoms with Crippen molar-refractivity contribution in [1.29, 1.82) is 0 Å². The summed E-state index contributed by atoms with van der Waals surface area (Å²) in [5, 5.41) is 3.20. The first-order valence-corrected chi connectivity index (χ1v) is 9.71. The van der Waals surface area contributed by atoms with Crippen LogP contribution in [0, 0.1) is 5.92 Å². The quantitative estimate of drug-likeness (QED) is 0.899. The van der Waals surface area contributed by atoms with Crippen LogP contribution in [0.2, 0.25) is 0 Å². The maximum absolute atomic E-state index is 12.3. The van der Waals surface area contributed by atoms with Crippen molar-refractivity contribution in [3.05, 3.63) is 35.9 Å². The molecule has 0 aromatic heterocycles. The van der Waals surface area contributed by atoms with Gasteiger partial charge in [-0.3, -0.25) is 0 Å². The first-order chi connectivity index (χ1) is 11.3. The summed E-state index contributed by atoms with van der Waals surface area (Å²) in [5.74, 6) is 2.80. The molecule has 1 N–H and O–H groups in total. The Kier molecular flexibility index (Phi) is 6.22. The standard InChI is InChI=1S/C18H26N2O2S/c21-18(19-17-7-10-23-11-8-17)20-9-6-16(12-20)14-22-13-15-4-2-1-3-5-15/h1-5,16-17H,6-14H2,(H,19,21)/t16-/m0/s1. The number of nitrogens with one attached hydrogen (secondary N) is 1. The molecule has 0 spiro atoms. The molecular formula is C18H26N2O2S. The van der Waals surface area contributed by atoms with E-state index < -0.39 is 0 Å². The van der Waals surface area contributed by atoms with Crippen LogP contribution in [-0.2, 0) is 11.3 Å². The SMILES string of the molecule is O=C(NC1CCSCC1)N1CC[C@H](COCc2ccccc2)C1. The van der Waals surface area contributed by atoms with Crippen LogP contribution in [0.1, 0.15) is 24.8 Å². The molecule has 3 rings (SSSR count).